The van der Waals surface area contributed by atoms with Crippen LogP contribution in [-0.4, -0.2) is 26.2 Å². The van der Waals surface area contributed by atoms with Gasteiger partial charge in [-0.25, -0.2) is 0 Å². The van der Waals surface area contributed by atoms with E-state index in [4.69, 9.17) is 9.47 Å². The zero-order valence-corrected chi connectivity index (χ0v) is 9.78. The number of esters is 2. The summed E-state index contributed by atoms with van der Waals surface area (Å²) in [6, 6.07) is 0. The summed E-state index contributed by atoms with van der Waals surface area (Å²) in [5.41, 5.74) is -0.276. The van der Waals surface area contributed by atoms with Gasteiger partial charge in [0.25, 0.3) is 0 Å². The zero-order valence-electron chi connectivity index (χ0n) is 9.78. The van der Waals surface area contributed by atoms with Crippen LogP contribution < -0.4 is 0 Å². The number of ether oxygens (including phenoxy) is 2. The third-order valence-electron chi connectivity index (χ3n) is 2.83. The second-order valence-corrected chi connectivity index (χ2v) is 3.71. The lowest BCUT2D eigenvalue weighted by Gasteiger charge is -2.29. The summed E-state index contributed by atoms with van der Waals surface area (Å²) in [6.45, 7) is 1.87. The van der Waals surface area contributed by atoms with Gasteiger partial charge in [-0.05, 0) is 19.8 Å². The molecular formula is C12H16O4. The maximum Gasteiger partial charge on any atom is 0.323 e. The molecule has 0 saturated carbocycles. The quantitative estimate of drug-likeness (QED) is 0.528. The highest BCUT2D eigenvalue weighted by atomic mass is 16.5. The van der Waals surface area contributed by atoms with E-state index in [1.807, 2.05) is 19.1 Å². The number of carbonyl (C=O) groups excluding carboxylic acids is 2. The van der Waals surface area contributed by atoms with E-state index in [1.165, 1.54) is 14.2 Å². The smallest absolute Gasteiger partial charge is 0.323 e. The lowest BCUT2D eigenvalue weighted by molar-refractivity contribution is -0.169. The van der Waals surface area contributed by atoms with Crippen molar-refractivity contribution in [1.82, 2.24) is 0 Å². The molecule has 0 bridgehead atoms. The van der Waals surface area contributed by atoms with E-state index >= 15 is 0 Å². The van der Waals surface area contributed by atoms with Gasteiger partial charge in [0.15, 0.2) is 5.41 Å². The van der Waals surface area contributed by atoms with E-state index in [0.717, 1.165) is 5.57 Å². The van der Waals surface area contributed by atoms with Gasteiger partial charge in [0.05, 0.1) is 14.2 Å². The highest BCUT2D eigenvalue weighted by Crippen LogP contribution is 2.37. The van der Waals surface area contributed by atoms with Crippen LogP contribution in [0.2, 0.25) is 0 Å². The van der Waals surface area contributed by atoms with Crippen LogP contribution in [0, 0.1) is 5.41 Å². The molecule has 0 amide bonds. The lowest BCUT2D eigenvalue weighted by Crippen LogP contribution is -2.42. The summed E-state index contributed by atoms with van der Waals surface area (Å²) >= 11 is 0. The number of rotatable bonds is 2. The molecule has 4 nitrogen and oxygen atoms in total. The fourth-order valence-electron chi connectivity index (χ4n) is 1.87. The molecule has 0 spiro atoms. The van der Waals surface area contributed by atoms with E-state index in [2.05, 4.69) is 0 Å². The van der Waals surface area contributed by atoms with Crippen molar-refractivity contribution in [2.45, 2.75) is 19.8 Å². The van der Waals surface area contributed by atoms with E-state index in [0.29, 0.717) is 12.8 Å². The Bertz CT molecular complexity index is 336. The Morgan fingerprint density at radius 3 is 2.31 bits per heavy atom. The first kappa shape index (κ1) is 12.5. The van der Waals surface area contributed by atoms with Crippen molar-refractivity contribution < 1.29 is 19.1 Å². The molecule has 0 saturated heterocycles. The Morgan fingerprint density at radius 2 is 1.88 bits per heavy atom. The van der Waals surface area contributed by atoms with Gasteiger partial charge < -0.3 is 9.47 Å². The third kappa shape index (κ3) is 2.01. The molecule has 0 heterocycles. The summed E-state index contributed by atoms with van der Waals surface area (Å²) in [4.78, 5) is 23.5. The van der Waals surface area contributed by atoms with Crippen molar-refractivity contribution in [3.8, 4) is 0 Å². The topological polar surface area (TPSA) is 52.6 Å². The predicted octanol–water partition coefficient (Wildman–Crippen LogP) is 1.62. The van der Waals surface area contributed by atoms with Gasteiger partial charge in [0, 0.05) is 0 Å². The molecule has 4 heteroatoms. The van der Waals surface area contributed by atoms with E-state index < -0.39 is 17.4 Å². The minimum atomic E-state index is -1.21. The van der Waals surface area contributed by atoms with Gasteiger partial charge in [-0.3, -0.25) is 9.59 Å². The molecule has 88 valence electrons. The van der Waals surface area contributed by atoms with Crippen molar-refractivity contribution in [2.75, 3.05) is 14.2 Å². The fourth-order valence-corrected chi connectivity index (χ4v) is 1.87. The first-order valence-corrected chi connectivity index (χ1v) is 5.09. The molecule has 0 aliphatic heterocycles. The van der Waals surface area contributed by atoms with Crippen molar-refractivity contribution in [2.24, 2.45) is 5.41 Å². The molecular weight excluding hydrogens is 208 g/mol. The number of allylic oxidation sites excluding steroid dienone is 4. The van der Waals surface area contributed by atoms with Crippen LogP contribution in [0.1, 0.15) is 19.8 Å². The van der Waals surface area contributed by atoms with Gasteiger partial charge in [-0.1, -0.05) is 23.8 Å². The molecule has 0 N–H and O–H groups in total. The summed E-state index contributed by atoms with van der Waals surface area (Å²) in [6.07, 6.45) is 6.23. The molecule has 0 atom stereocenters. The summed E-state index contributed by atoms with van der Waals surface area (Å²) in [5, 5.41) is 0. The lowest BCUT2D eigenvalue weighted by atomic mass is 9.75. The Labute approximate surface area is 94.9 Å². The maximum atomic E-state index is 11.8. The van der Waals surface area contributed by atoms with Crippen LogP contribution in [-0.2, 0) is 19.1 Å². The standard InChI is InChI=1S/C12H16O4/c1-4-9-6-5-7-12(8-9,10(13)15-2)11(14)16-3/h4-6H,7-8H2,1-3H3/b9-4+. The first-order valence-electron chi connectivity index (χ1n) is 5.09. The number of hydrogen-bond donors (Lipinski definition) is 0. The van der Waals surface area contributed by atoms with E-state index in [9.17, 15) is 9.59 Å². The van der Waals surface area contributed by atoms with Crippen molar-refractivity contribution in [3.63, 3.8) is 0 Å². The third-order valence-corrected chi connectivity index (χ3v) is 2.83. The molecule has 16 heavy (non-hydrogen) atoms. The van der Waals surface area contributed by atoms with Gasteiger partial charge in [-0.2, -0.15) is 0 Å². The molecule has 0 radical (unpaired) electrons. The van der Waals surface area contributed by atoms with Gasteiger partial charge in [-0.15, -0.1) is 0 Å². The van der Waals surface area contributed by atoms with Crippen molar-refractivity contribution in [1.29, 1.82) is 0 Å². The van der Waals surface area contributed by atoms with Crippen LogP contribution in [0.3, 0.4) is 0 Å². The van der Waals surface area contributed by atoms with Crippen molar-refractivity contribution >= 4 is 11.9 Å². The minimum Gasteiger partial charge on any atom is -0.468 e. The molecule has 0 unspecified atom stereocenters. The fraction of sp³-hybridized carbons (Fsp3) is 0.500. The number of hydrogen-bond acceptors (Lipinski definition) is 4. The Kier molecular flexibility index (Phi) is 3.88. The predicted molar refractivity (Wildman–Crippen MR) is 58.6 cm³/mol. The molecule has 0 aromatic rings. The number of methoxy groups -OCH3 is 2. The zero-order chi connectivity index (χ0) is 12.2. The highest BCUT2D eigenvalue weighted by Gasteiger charge is 2.48. The molecule has 1 aliphatic carbocycles. The normalized spacial score (nSPS) is 20.6. The van der Waals surface area contributed by atoms with Gasteiger partial charge in [0.2, 0.25) is 0 Å². The highest BCUT2D eigenvalue weighted by molar-refractivity contribution is 6.00. The molecule has 1 aliphatic rings. The van der Waals surface area contributed by atoms with Crippen LogP contribution in [0.25, 0.3) is 0 Å². The average Bonchev–Trinajstić information content (AvgIpc) is 2.36. The summed E-state index contributed by atoms with van der Waals surface area (Å²) < 4.78 is 9.42. The van der Waals surface area contributed by atoms with Gasteiger partial charge >= 0.3 is 11.9 Å². The second kappa shape index (κ2) is 4.96. The SMILES string of the molecule is C/C=C1\C=CCC(C(=O)OC)(C(=O)OC)C1. The van der Waals surface area contributed by atoms with E-state index in [1.54, 1.807) is 6.08 Å². The summed E-state index contributed by atoms with van der Waals surface area (Å²) in [7, 11) is 2.56. The van der Waals surface area contributed by atoms with Crippen LogP contribution in [0.5, 0.6) is 0 Å². The first-order chi connectivity index (χ1) is 7.60. The van der Waals surface area contributed by atoms with Crippen LogP contribution >= 0.6 is 0 Å². The molecule has 0 aromatic heterocycles. The summed E-state index contributed by atoms with van der Waals surface area (Å²) in [5.74, 6) is -1.08. The monoisotopic (exact) mass is 224 g/mol. The average molecular weight is 224 g/mol. The van der Waals surface area contributed by atoms with Crippen LogP contribution in [0.4, 0.5) is 0 Å². The Morgan fingerprint density at radius 1 is 1.31 bits per heavy atom. The second-order valence-electron chi connectivity index (χ2n) is 3.71. The Balaban J connectivity index is 3.11. The Hall–Kier alpha value is -1.58. The molecule has 0 aromatic carbocycles. The van der Waals surface area contributed by atoms with Crippen LogP contribution in [0.15, 0.2) is 23.8 Å². The van der Waals surface area contributed by atoms with Crippen molar-refractivity contribution in [3.05, 3.63) is 23.8 Å². The number of carbonyl (C=O) groups is 2. The largest absolute Gasteiger partial charge is 0.468 e. The molecule has 0 fully saturated rings. The maximum absolute atomic E-state index is 11.8. The van der Waals surface area contributed by atoms with Gasteiger partial charge in [0.1, 0.15) is 0 Å². The minimum absolute atomic E-state index is 0.323. The molecule has 1 rings (SSSR count). The van der Waals surface area contributed by atoms with E-state index in [-0.39, 0.29) is 0 Å².